The maximum absolute atomic E-state index is 11.1. The molecule has 104 valence electrons. The zero-order chi connectivity index (χ0) is 13.1. The molecular weight excluding hydrogens is 232 g/mol. The molecule has 2 fully saturated rings. The molecule has 2 rings (SSSR count). The number of carboxylic acids is 1. The number of piperidine rings is 1. The van der Waals surface area contributed by atoms with Crippen LogP contribution in [0.4, 0.5) is 0 Å². The number of carbonyl (C=O) groups is 1. The third-order valence-electron chi connectivity index (χ3n) is 4.04. The molecule has 3 atom stereocenters. The molecule has 3 unspecified atom stereocenters. The molecule has 0 aromatic heterocycles. The first-order chi connectivity index (χ1) is 8.58. The molecule has 0 spiro atoms. The summed E-state index contributed by atoms with van der Waals surface area (Å²) < 4.78 is 5.60. The summed E-state index contributed by atoms with van der Waals surface area (Å²) in [5.41, 5.74) is 0. The van der Waals surface area contributed by atoms with Crippen molar-refractivity contribution in [2.75, 3.05) is 46.9 Å². The number of ether oxygens (including phenoxy) is 1. The summed E-state index contributed by atoms with van der Waals surface area (Å²) >= 11 is 0. The number of nitrogens with zero attached hydrogens (tertiary/aromatic N) is 2. The van der Waals surface area contributed by atoms with E-state index in [-0.39, 0.29) is 5.92 Å². The van der Waals surface area contributed by atoms with Crippen molar-refractivity contribution in [1.82, 2.24) is 9.80 Å². The summed E-state index contributed by atoms with van der Waals surface area (Å²) in [4.78, 5) is 15.6. The van der Waals surface area contributed by atoms with Crippen LogP contribution in [0.25, 0.3) is 0 Å². The molecule has 0 aliphatic carbocycles. The Morgan fingerprint density at radius 3 is 2.89 bits per heavy atom. The lowest BCUT2D eigenvalue weighted by Gasteiger charge is -2.37. The van der Waals surface area contributed by atoms with E-state index >= 15 is 0 Å². The van der Waals surface area contributed by atoms with Gasteiger partial charge in [-0.15, -0.1) is 0 Å². The first-order valence-electron chi connectivity index (χ1n) is 6.77. The lowest BCUT2D eigenvalue weighted by molar-refractivity contribution is -0.144. The monoisotopic (exact) mass is 256 g/mol. The highest BCUT2D eigenvalue weighted by Crippen LogP contribution is 2.26. The topological polar surface area (TPSA) is 53.0 Å². The first-order valence-corrected chi connectivity index (χ1v) is 6.77. The molecule has 5 nitrogen and oxygen atoms in total. The molecule has 18 heavy (non-hydrogen) atoms. The van der Waals surface area contributed by atoms with Gasteiger partial charge in [-0.05, 0) is 33.5 Å². The molecule has 0 saturated carbocycles. The van der Waals surface area contributed by atoms with Gasteiger partial charge < -0.3 is 14.7 Å². The number of hydrogen-bond donors (Lipinski definition) is 1. The van der Waals surface area contributed by atoms with Crippen LogP contribution in [0.3, 0.4) is 0 Å². The van der Waals surface area contributed by atoms with E-state index < -0.39 is 5.97 Å². The minimum Gasteiger partial charge on any atom is -0.481 e. The largest absolute Gasteiger partial charge is 0.481 e. The molecule has 0 aromatic carbocycles. The minimum atomic E-state index is -0.650. The third kappa shape index (κ3) is 3.22. The molecule has 0 amide bonds. The predicted octanol–water partition coefficient (Wildman–Crippen LogP) is 0.360. The van der Waals surface area contributed by atoms with E-state index in [1.807, 2.05) is 0 Å². The molecule has 1 N–H and O–H groups in total. The molecule has 0 bridgehead atoms. The highest BCUT2D eigenvalue weighted by molar-refractivity contribution is 5.70. The Morgan fingerprint density at radius 2 is 2.22 bits per heavy atom. The Balaban J connectivity index is 1.94. The van der Waals surface area contributed by atoms with Gasteiger partial charge in [0, 0.05) is 25.0 Å². The van der Waals surface area contributed by atoms with Gasteiger partial charge >= 0.3 is 5.97 Å². The Labute approximate surface area is 109 Å². The van der Waals surface area contributed by atoms with E-state index in [0.717, 1.165) is 39.1 Å². The van der Waals surface area contributed by atoms with E-state index in [0.29, 0.717) is 18.5 Å². The summed E-state index contributed by atoms with van der Waals surface area (Å²) in [6.07, 6.45) is 1.81. The minimum absolute atomic E-state index is 0.195. The third-order valence-corrected chi connectivity index (χ3v) is 4.04. The van der Waals surface area contributed by atoms with Crippen molar-refractivity contribution in [3.63, 3.8) is 0 Å². The smallest absolute Gasteiger partial charge is 0.307 e. The van der Waals surface area contributed by atoms with Crippen LogP contribution in [0.1, 0.15) is 12.8 Å². The van der Waals surface area contributed by atoms with Gasteiger partial charge in [-0.2, -0.15) is 0 Å². The van der Waals surface area contributed by atoms with Gasteiger partial charge in [0.2, 0.25) is 0 Å². The fraction of sp³-hybridized carbons (Fsp3) is 0.923. The molecule has 0 radical (unpaired) electrons. The van der Waals surface area contributed by atoms with E-state index in [4.69, 9.17) is 9.84 Å². The Kier molecular flexibility index (Phi) is 4.59. The van der Waals surface area contributed by atoms with Gasteiger partial charge in [0.15, 0.2) is 0 Å². The Morgan fingerprint density at radius 1 is 1.44 bits per heavy atom. The lowest BCUT2D eigenvalue weighted by Crippen LogP contribution is -2.49. The van der Waals surface area contributed by atoms with Crippen LogP contribution in [-0.2, 0) is 9.53 Å². The van der Waals surface area contributed by atoms with Crippen LogP contribution >= 0.6 is 0 Å². The second-order valence-electron chi connectivity index (χ2n) is 5.80. The Hall–Kier alpha value is -0.650. The predicted molar refractivity (Wildman–Crippen MR) is 68.6 cm³/mol. The van der Waals surface area contributed by atoms with Gasteiger partial charge in [0.25, 0.3) is 0 Å². The zero-order valence-electron chi connectivity index (χ0n) is 11.3. The quantitative estimate of drug-likeness (QED) is 0.787. The maximum atomic E-state index is 11.1. The van der Waals surface area contributed by atoms with Gasteiger partial charge in [0.05, 0.1) is 19.1 Å². The summed E-state index contributed by atoms with van der Waals surface area (Å²) in [7, 11) is 4.15. The van der Waals surface area contributed by atoms with Crippen LogP contribution < -0.4 is 0 Å². The molecule has 2 saturated heterocycles. The SMILES string of the molecule is CN(C)CC1COCC1N1CCCC(C(=O)O)C1. The molecule has 5 heteroatoms. The van der Waals surface area contributed by atoms with Crippen molar-refractivity contribution >= 4 is 5.97 Å². The van der Waals surface area contributed by atoms with Gasteiger partial charge in [0.1, 0.15) is 0 Å². The number of likely N-dealkylation sites (tertiary alicyclic amines) is 1. The van der Waals surface area contributed by atoms with Crippen LogP contribution in [0.15, 0.2) is 0 Å². The Bertz CT molecular complexity index is 296. The van der Waals surface area contributed by atoms with Crippen LogP contribution in [0, 0.1) is 11.8 Å². The van der Waals surface area contributed by atoms with E-state index in [2.05, 4.69) is 23.9 Å². The molecule has 2 heterocycles. The van der Waals surface area contributed by atoms with Crippen molar-refractivity contribution < 1.29 is 14.6 Å². The van der Waals surface area contributed by atoms with Crippen molar-refractivity contribution in [2.45, 2.75) is 18.9 Å². The van der Waals surface area contributed by atoms with E-state index in [1.54, 1.807) is 0 Å². The van der Waals surface area contributed by atoms with Crippen LogP contribution in [0.5, 0.6) is 0 Å². The summed E-state index contributed by atoms with van der Waals surface area (Å²) in [6, 6.07) is 0.398. The number of hydrogen-bond acceptors (Lipinski definition) is 4. The highest BCUT2D eigenvalue weighted by atomic mass is 16.5. The van der Waals surface area contributed by atoms with Gasteiger partial charge in [-0.3, -0.25) is 9.69 Å². The van der Waals surface area contributed by atoms with Gasteiger partial charge in [-0.1, -0.05) is 0 Å². The standard InChI is InChI=1S/C13H24N2O3/c1-14(2)6-11-8-18-9-12(11)15-5-3-4-10(7-15)13(16)17/h10-12H,3-9H2,1-2H3,(H,16,17). The van der Waals surface area contributed by atoms with E-state index in [1.165, 1.54) is 0 Å². The van der Waals surface area contributed by atoms with Crippen molar-refractivity contribution in [1.29, 1.82) is 0 Å². The summed E-state index contributed by atoms with van der Waals surface area (Å²) in [5.74, 6) is -0.338. The normalized spacial score (nSPS) is 34.1. The zero-order valence-corrected chi connectivity index (χ0v) is 11.3. The summed E-state index contributed by atoms with van der Waals surface area (Å²) in [5, 5.41) is 9.14. The van der Waals surface area contributed by atoms with Crippen molar-refractivity contribution in [3.05, 3.63) is 0 Å². The maximum Gasteiger partial charge on any atom is 0.307 e. The summed E-state index contributed by atoms with van der Waals surface area (Å²) in [6.45, 7) is 4.27. The average molecular weight is 256 g/mol. The van der Waals surface area contributed by atoms with Gasteiger partial charge in [-0.25, -0.2) is 0 Å². The molecular formula is C13H24N2O3. The first kappa shape index (κ1) is 13.8. The second-order valence-corrected chi connectivity index (χ2v) is 5.80. The average Bonchev–Trinajstić information content (AvgIpc) is 2.76. The molecule has 2 aliphatic heterocycles. The molecule has 0 aromatic rings. The number of rotatable bonds is 4. The fourth-order valence-electron chi connectivity index (χ4n) is 3.14. The second kappa shape index (κ2) is 5.99. The lowest BCUT2D eigenvalue weighted by atomic mass is 9.93. The highest BCUT2D eigenvalue weighted by Gasteiger charge is 2.37. The van der Waals surface area contributed by atoms with E-state index in [9.17, 15) is 4.79 Å². The fourth-order valence-corrected chi connectivity index (χ4v) is 3.14. The van der Waals surface area contributed by atoms with Crippen LogP contribution in [0.2, 0.25) is 0 Å². The number of aliphatic carboxylic acids is 1. The van der Waals surface area contributed by atoms with Crippen LogP contribution in [-0.4, -0.2) is 73.9 Å². The molecule has 2 aliphatic rings. The van der Waals surface area contributed by atoms with Crippen molar-refractivity contribution in [2.24, 2.45) is 11.8 Å². The number of carboxylic acid groups (broad SMARTS) is 1. The van der Waals surface area contributed by atoms with Crippen molar-refractivity contribution in [3.8, 4) is 0 Å².